The molecule has 4 aromatic rings. The van der Waals surface area contributed by atoms with E-state index in [4.69, 9.17) is 9.47 Å². The number of aryl methyl sites for hydroxylation is 2. The van der Waals surface area contributed by atoms with Crippen molar-refractivity contribution in [3.63, 3.8) is 0 Å². The summed E-state index contributed by atoms with van der Waals surface area (Å²) in [6, 6.07) is 33.0. The van der Waals surface area contributed by atoms with Crippen LogP contribution in [0.3, 0.4) is 0 Å². The van der Waals surface area contributed by atoms with Crippen molar-refractivity contribution in [2.75, 3.05) is 14.2 Å². The highest BCUT2D eigenvalue weighted by Gasteiger charge is 1.98. The average molecular weight is 505 g/mol. The van der Waals surface area contributed by atoms with E-state index < -0.39 is 0 Å². The van der Waals surface area contributed by atoms with Gasteiger partial charge in [0, 0.05) is 12.4 Å². The molecule has 0 saturated heterocycles. The fourth-order valence-corrected chi connectivity index (χ4v) is 4.19. The number of aliphatic imine (C=N–C) groups is 2. The van der Waals surface area contributed by atoms with E-state index in [1.54, 1.807) is 14.2 Å². The first kappa shape index (κ1) is 26.9. The molecule has 0 N–H and O–H groups in total. The zero-order valence-corrected chi connectivity index (χ0v) is 22.3. The third-order valence-corrected chi connectivity index (χ3v) is 6.51. The number of hydrogen-bond donors (Lipinski definition) is 0. The molecule has 0 radical (unpaired) electrons. The number of nitrogens with zero attached hydrogens (tertiary/aromatic N) is 2. The summed E-state index contributed by atoms with van der Waals surface area (Å²) in [4.78, 5) is 9.16. The number of methoxy groups -OCH3 is 2. The molecule has 4 aromatic carbocycles. The Morgan fingerprint density at radius 1 is 0.474 bits per heavy atom. The first-order valence-corrected chi connectivity index (χ1v) is 13.3. The third-order valence-electron chi connectivity index (χ3n) is 6.51. The van der Waals surface area contributed by atoms with Crippen LogP contribution in [0.2, 0.25) is 0 Å². The summed E-state index contributed by atoms with van der Waals surface area (Å²) in [5, 5.41) is 0. The number of unbranched alkanes of at least 4 members (excludes halogenated alkanes) is 3. The minimum Gasteiger partial charge on any atom is -0.497 e. The minimum absolute atomic E-state index is 0.855. The van der Waals surface area contributed by atoms with Gasteiger partial charge < -0.3 is 9.47 Å². The fourth-order valence-electron chi connectivity index (χ4n) is 4.19. The number of hydrogen-bond acceptors (Lipinski definition) is 4. The summed E-state index contributed by atoms with van der Waals surface area (Å²) in [5.41, 5.74) is 6.82. The standard InChI is InChI=1S/C34H36N2O2/c1-37-33-21-13-29(14-22-33)25-35-31-17-9-27(10-18-31)7-5-3-4-6-8-28-11-19-32(20-12-28)36-26-30-15-23-34(38-2)24-16-30/h9-26H,3-8H2,1-2H3. The molecule has 4 heteroatoms. The van der Waals surface area contributed by atoms with Gasteiger partial charge in [0.1, 0.15) is 11.5 Å². The van der Waals surface area contributed by atoms with Crippen LogP contribution in [-0.2, 0) is 12.8 Å². The lowest BCUT2D eigenvalue weighted by molar-refractivity contribution is 0.414. The maximum absolute atomic E-state index is 5.20. The predicted molar refractivity (Wildman–Crippen MR) is 159 cm³/mol. The maximum Gasteiger partial charge on any atom is 0.118 e. The monoisotopic (exact) mass is 504 g/mol. The van der Waals surface area contributed by atoms with Crippen LogP contribution in [0.4, 0.5) is 11.4 Å². The van der Waals surface area contributed by atoms with E-state index in [-0.39, 0.29) is 0 Å². The normalized spacial score (nSPS) is 11.3. The van der Waals surface area contributed by atoms with E-state index in [0.717, 1.165) is 46.8 Å². The van der Waals surface area contributed by atoms with Gasteiger partial charge in [-0.05, 0) is 121 Å². The summed E-state index contributed by atoms with van der Waals surface area (Å²) in [5.74, 6) is 1.71. The van der Waals surface area contributed by atoms with Crippen molar-refractivity contribution in [2.45, 2.75) is 38.5 Å². The molecule has 0 aliphatic carbocycles. The van der Waals surface area contributed by atoms with Crippen LogP contribution in [0.5, 0.6) is 11.5 Å². The molecule has 0 spiro atoms. The van der Waals surface area contributed by atoms with Crippen molar-refractivity contribution in [1.82, 2.24) is 0 Å². The third kappa shape index (κ3) is 8.74. The van der Waals surface area contributed by atoms with Gasteiger partial charge in [-0.3, -0.25) is 9.98 Å². The molecule has 4 rings (SSSR count). The Morgan fingerprint density at radius 2 is 0.842 bits per heavy atom. The molecule has 0 atom stereocenters. The SMILES string of the molecule is COc1ccc(C=Nc2ccc(CCCCCCc3ccc(N=Cc4ccc(OC)cc4)cc3)cc2)cc1. The van der Waals surface area contributed by atoms with Crippen molar-refractivity contribution in [3.8, 4) is 11.5 Å². The second-order valence-corrected chi connectivity index (χ2v) is 9.31. The molecule has 0 saturated carbocycles. The zero-order chi connectivity index (χ0) is 26.4. The lowest BCUT2D eigenvalue weighted by Crippen LogP contribution is -1.88. The van der Waals surface area contributed by atoms with Crippen LogP contribution in [-0.4, -0.2) is 26.6 Å². The van der Waals surface area contributed by atoms with E-state index in [0.29, 0.717) is 0 Å². The summed E-state index contributed by atoms with van der Waals surface area (Å²) in [6.45, 7) is 0. The van der Waals surface area contributed by atoms with Gasteiger partial charge in [-0.1, -0.05) is 37.1 Å². The van der Waals surface area contributed by atoms with Gasteiger partial charge in [0.25, 0.3) is 0 Å². The lowest BCUT2D eigenvalue weighted by Gasteiger charge is -2.04. The summed E-state index contributed by atoms with van der Waals surface area (Å²) >= 11 is 0. The number of benzene rings is 4. The first-order chi connectivity index (χ1) is 18.7. The summed E-state index contributed by atoms with van der Waals surface area (Å²) in [7, 11) is 3.35. The van der Waals surface area contributed by atoms with Crippen LogP contribution >= 0.6 is 0 Å². The average Bonchev–Trinajstić information content (AvgIpc) is 2.98. The molecule has 0 amide bonds. The lowest BCUT2D eigenvalue weighted by atomic mass is 10.0. The quantitative estimate of drug-likeness (QED) is 0.135. The van der Waals surface area contributed by atoms with Crippen molar-refractivity contribution in [1.29, 1.82) is 0 Å². The van der Waals surface area contributed by atoms with Gasteiger partial charge >= 0.3 is 0 Å². The summed E-state index contributed by atoms with van der Waals surface area (Å²) < 4.78 is 10.4. The summed E-state index contributed by atoms with van der Waals surface area (Å²) in [6.07, 6.45) is 10.9. The molecular formula is C34H36N2O2. The molecule has 0 unspecified atom stereocenters. The van der Waals surface area contributed by atoms with Crippen molar-refractivity contribution >= 4 is 23.8 Å². The van der Waals surface area contributed by atoms with Crippen molar-refractivity contribution in [2.24, 2.45) is 9.98 Å². The second-order valence-electron chi connectivity index (χ2n) is 9.31. The van der Waals surface area contributed by atoms with Crippen molar-refractivity contribution < 1.29 is 9.47 Å². The molecule has 0 fully saturated rings. The Hall–Kier alpha value is -4.18. The highest BCUT2D eigenvalue weighted by Crippen LogP contribution is 2.18. The fraction of sp³-hybridized carbons (Fsp3) is 0.235. The largest absolute Gasteiger partial charge is 0.497 e. The molecule has 0 bridgehead atoms. The van der Waals surface area contributed by atoms with E-state index in [1.807, 2.05) is 61.0 Å². The Morgan fingerprint density at radius 3 is 1.18 bits per heavy atom. The highest BCUT2D eigenvalue weighted by atomic mass is 16.5. The predicted octanol–water partition coefficient (Wildman–Crippen LogP) is 8.55. The topological polar surface area (TPSA) is 43.2 Å². The number of rotatable bonds is 13. The first-order valence-electron chi connectivity index (χ1n) is 13.3. The van der Waals surface area contributed by atoms with E-state index in [9.17, 15) is 0 Å². The van der Waals surface area contributed by atoms with E-state index >= 15 is 0 Å². The van der Waals surface area contributed by atoms with Crippen LogP contribution in [0, 0.1) is 0 Å². The van der Waals surface area contributed by atoms with E-state index in [2.05, 4.69) is 58.5 Å². The molecule has 0 aliphatic heterocycles. The maximum atomic E-state index is 5.20. The Kier molecular flexibility index (Phi) is 10.3. The molecular weight excluding hydrogens is 468 g/mol. The van der Waals surface area contributed by atoms with Crippen LogP contribution < -0.4 is 9.47 Å². The van der Waals surface area contributed by atoms with Crippen molar-refractivity contribution in [3.05, 3.63) is 119 Å². The van der Waals surface area contributed by atoms with Gasteiger partial charge in [-0.2, -0.15) is 0 Å². The molecule has 0 aromatic heterocycles. The molecule has 0 heterocycles. The number of ether oxygens (including phenoxy) is 2. The van der Waals surface area contributed by atoms with Gasteiger partial charge in [0.15, 0.2) is 0 Å². The Balaban J connectivity index is 1.11. The van der Waals surface area contributed by atoms with Crippen LogP contribution in [0.25, 0.3) is 0 Å². The minimum atomic E-state index is 0.855. The molecule has 4 nitrogen and oxygen atoms in total. The highest BCUT2D eigenvalue weighted by molar-refractivity contribution is 5.82. The van der Waals surface area contributed by atoms with Crippen LogP contribution in [0.15, 0.2) is 107 Å². The van der Waals surface area contributed by atoms with Gasteiger partial charge in [0.2, 0.25) is 0 Å². The molecule has 194 valence electrons. The molecule has 0 aliphatic rings. The van der Waals surface area contributed by atoms with Gasteiger partial charge in [0.05, 0.1) is 25.6 Å². The second kappa shape index (κ2) is 14.5. The zero-order valence-electron chi connectivity index (χ0n) is 22.3. The van der Waals surface area contributed by atoms with Crippen LogP contribution in [0.1, 0.15) is 47.9 Å². The Labute approximate surface area is 226 Å². The van der Waals surface area contributed by atoms with Gasteiger partial charge in [-0.25, -0.2) is 0 Å². The van der Waals surface area contributed by atoms with E-state index in [1.165, 1.54) is 36.8 Å². The van der Waals surface area contributed by atoms with Gasteiger partial charge in [-0.15, -0.1) is 0 Å². The smallest absolute Gasteiger partial charge is 0.118 e. The molecule has 38 heavy (non-hydrogen) atoms. The Bertz CT molecular complexity index is 1190.